The monoisotopic (exact) mass is 263 g/mol. The van der Waals surface area contributed by atoms with E-state index in [2.05, 4.69) is 18.7 Å². The molecule has 1 saturated carbocycles. The van der Waals surface area contributed by atoms with Crippen molar-refractivity contribution in [2.24, 2.45) is 5.92 Å². The zero-order valence-corrected chi connectivity index (χ0v) is 11.9. The van der Waals surface area contributed by atoms with Crippen LogP contribution in [0.1, 0.15) is 44.6 Å². The van der Waals surface area contributed by atoms with Crippen molar-refractivity contribution in [3.8, 4) is 5.75 Å². The van der Waals surface area contributed by atoms with Crippen LogP contribution < -0.4 is 9.64 Å². The van der Waals surface area contributed by atoms with Crippen LogP contribution >= 0.6 is 0 Å². The summed E-state index contributed by atoms with van der Waals surface area (Å²) in [7, 11) is 1.54. The Balaban J connectivity index is 2.05. The molecule has 1 aromatic carbocycles. The largest absolute Gasteiger partial charge is 0.494 e. The van der Waals surface area contributed by atoms with Gasteiger partial charge in [0.05, 0.1) is 7.11 Å². The van der Waals surface area contributed by atoms with E-state index >= 15 is 0 Å². The molecule has 0 radical (unpaired) electrons. The first-order valence-electron chi connectivity index (χ1n) is 7.26. The van der Waals surface area contributed by atoms with Gasteiger partial charge in [-0.2, -0.15) is 0 Å². The molecule has 0 N–H and O–H groups in total. The van der Waals surface area contributed by atoms with E-state index in [-0.39, 0.29) is 5.82 Å². The highest BCUT2D eigenvalue weighted by Gasteiger charge is 2.42. The number of hydrogen-bond donors (Lipinski definition) is 0. The lowest BCUT2D eigenvalue weighted by Crippen LogP contribution is -2.34. The predicted octanol–water partition coefficient (Wildman–Crippen LogP) is 3.95. The normalized spacial score (nSPS) is 24.8. The molecule has 3 rings (SSSR count). The van der Waals surface area contributed by atoms with Crippen LogP contribution in [0.25, 0.3) is 0 Å². The predicted molar refractivity (Wildman–Crippen MR) is 75.5 cm³/mol. The Morgan fingerprint density at radius 2 is 2.16 bits per heavy atom. The number of hydrogen-bond acceptors (Lipinski definition) is 2. The fraction of sp³-hybridized carbons (Fsp3) is 0.625. The fourth-order valence-electron chi connectivity index (χ4n) is 3.74. The van der Waals surface area contributed by atoms with E-state index in [1.54, 1.807) is 6.07 Å². The van der Waals surface area contributed by atoms with Crippen LogP contribution in [0.15, 0.2) is 12.1 Å². The minimum atomic E-state index is -0.224. The third-order valence-corrected chi connectivity index (χ3v) is 4.45. The van der Waals surface area contributed by atoms with E-state index in [4.69, 9.17) is 4.74 Å². The van der Waals surface area contributed by atoms with Crippen molar-refractivity contribution >= 4 is 5.69 Å². The first kappa shape index (κ1) is 12.8. The molecule has 2 aliphatic rings. The standard InChI is InChI=1S/C16H22FNO/c1-10(2)9-18-14-6-4-5-11(14)12-7-13(17)16(19-3)8-15(12)18/h7-8,10-11,14H,4-6,9H2,1-3H3/t11-,14-/m1/s1. The minimum Gasteiger partial charge on any atom is -0.494 e. The molecule has 0 amide bonds. The smallest absolute Gasteiger partial charge is 0.165 e. The van der Waals surface area contributed by atoms with Gasteiger partial charge in [-0.05, 0) is 30.4 Å². The summed E-state index contributed by atoms with van der Waals surface area (Å²) in [6.45, 7) is 5.52. The molecule has 3 heteroatoms. The Morgan fingerprint density at radius 3 is 2.84 bits per heavy atom. The number of ether oxygens (including phenoxy) is 1. The van der Waals surface area contributed by atoms with Crippen LogP contribution in [0.4, 0.5) is 10.1 Å². The van der Waals surface area contributed by atoms with Crippen LogP contribution in [-0.2, 0) is 0 Å². The van der Waals surface area contributed by atoms with Gasteiger partial charge in [0.2, 0.25) is 0 Å². The molecule has 104 valence electrons. The highest BCUT2D eigenvalue weighted by molar-refractivity contribution is 5.65. The summed E-state index contributed by atoms with van der Waals surface area (Å²) in [5.74, 6) is 1.28. The maximum atomic E-state index is 13.9. The molecule has 0 bridgehead atoms. The van der Waals surface area contributed by atoms with E-state index in [1.807, 2.05) is 6.07 Å². The maximum Gasteiger partial charge on any atom is 0.165 e. The molecule has 1 aliphatic heterocycles. The zero-order valence-electron chi connectivity index (χ0n) is 11.9. The Bertz CT molecular complexity index is 486. The fourth-order valence-corrected chi connectivity index (χ4v) is 3.74. The van der Waals surface area contributed by atoms with Crippen molar-refractivity contribution in [1.82, 2.24) is 0 Å². The van der Waals surface area contributed by atoms with Gasteiger partial charge in [0.15, 0.2) is 11.6 Å². The number of benzene rings is 1. The summed E-state index contributed by atoms with van der Waals surface area (Å²) in [5.41, 5.74) is 2.39. The van der Waals surface area contributed by atoms with E-state index in [0.29, 0.717) is 23.6 Å². The van der Waals surface area contributed by atoms with Gasteiger partial charge in [-0.15, -0.1) is 0 Å². The topological polar surface area (TPSA) is 12.5 Å². The zero-order chi connectivity index (χ0) is 13.6. The minimum absolute atomic E-state index is 0.224. The number of halogens is 1. The van der Waals surface area contributed by atoms with Gasteiger partial charge in [-0.3, -0.25) is 0 Å². The average molecular weight is 263 g/mol. The summed E-state index contributed by atoms with van der Waals surface area (Å²) in [6, 6.07) is 4.17. The molecular formula is C16H22FNO. The lowest BCUT2D eigenvalue weighted by molar-refractivity contribution is 0.386. The van der Waals surface area contributed by atoms with Gasteiger partial charge >= 0.3 is 0 Å². The SMILES string of the molecule is COc1cc2c(cc1F)[C@H]1CCC[C@H]1N2CC(C)C. The van der Waals surface area contributed by atoms with Crippen LogP contribution in [-0.4, -0.2) is 19.7 Å². The second-order valence-corrected chi connectivity index (χ2v) is 6.20. The van der Waals surface area contributed by atoms with Gasteiger partial charge in [0, 0.05) is 30.3 Å². The molecule has 1 heterocycles. The summed E-state index contributed by atoms with van der Waals surface area (Å²) in [4.78, 5) is 2.49. The van der Waals surface area contributed by atoms with Crippen LogP contribution in [0.3, 0.4) is 0 Å². The van der Waals surface area contributed by atoms with Crippen LogP contribution in [0, 0.1) is 11.7 Å². The Kier molecular flexibility index (Phi) is 3.15. The van der Waals surface area contributed by atoms with Crippen molar-refractivity contribution < 1.29 is 9.13 Å². The lowest BCUT2D eigenvalue weighted by atomic mass is 9.97. The van der Waals surface area contributed by atoms with Gasteiger partial charge in [-0.1, -0.05) is 20.3 Å². The second-order valence-electron chi connectivity index (χ2n) is 6.20. The second kappa shape index (κ2) is 4.69. The Hall–Kier alpha value is -1.25. The van der Waals surface area contributed by atoms with Gasteiger partial charge in [-0.25, -0.2) is 4.39 Å². The molecule has 1 fully saturated rings. The molecule has 0 saturated heterocycles. The van der Waals surface area contributed by atoms with Gasteiger partial charge < -0.3 is 9.64 Å². The van der Waals surface area contributed by atoms with E-state index in [1.165, 1.54) is 37.6 Å². The molecule has 2 atom stereocenters. The van der Waals surface area contributed by atoms with Crippen LogP contribution in [0.5, 0.6) is 5.75 Å². The quantitative estimate of drug-likeness (QED) is 0.819. The molecule has 0 aromatic heterocycles. The van der Waals surface area contributed by atoms with Crippen molar-refractivity contribution in [2.45, 2.75) is 45.1 Å². The van der Waals surface area contributed by atoms with Crippen molar-refractivity contribution in [3.05, 3.63) is 23.5 Å². The van der Waals surface area contributed by atoms with Gasteiger partial charge in [0.1, 0.15) is 0 Å². The number of anilines is 1. The summed E-state index contributed by atoms with van der Waals surface area (Å²) in [6.07, 6.45) is 3.69. The molecule has 2 nitrogen and oxygen atoms in total. The number of rotatable bonds is 3. The maximum absolute atomic E-state index is 13.9. The van der Waals surface area contributed by atoms with Gasteiger partial charge in [0.25, 0.3) is 0 Å². The van der Waals surface area contributed by atoms with Crippen LogP contribution in [0.2, 0.25) is 0 Å². The first-order valence-corrected chi connectivity index (χ1v) is 7.26. The molecule has 19 heavy (non-hydrogen) atoms. The van der Waals surface area contributed by atoms with E-state index < -0.39 is 0 Å². The summed E-state index contributed by atoms with van der Waals surface area (Å²) in [5, 5.41) is 0. The first-order chi connectivity index (χ1) is 9.11. The van der Waals surface area contributed by atoms with Crippen molar-refractivity contribution in [2.75, 3.05) is 18.6 Å². The van der Waals surface area contributed by atoms with Crippen molar-refractivity contribution in [3.63, 3.8) is 0 Å². The Labute approximate surface area is 114 Å². The van der Waals surface area contributed by atoms with E-state index in [9.17, 15) is 4.39 Å². The average Bonchev–Trinajstić information content (AvgIpc) is 2.92. The summed E-state index contributed by atoms with van der Waals surface area (Å²) < 4.78 is 19.1. The summed E-state index contributed by atoms with van der Waals surface area (Å²) >= 11 is 0. The molecule has 0 spiro atoms. The molecular weight excluding hydrogens is 241 g/mol. The molecule has 1 aliphatic carbocycles. The number of methoxy groups -OCH3 is 1. The Morgan fingerprint density at radius 1 is 1.37 bits per heavy atom. The number of nitrogens with zero attached hydrogens (tertiary/aromatic N) is 1. The lowest BCUT2D eigenvalue weighted by Gasteiger charge is -2.28. The third kappa shape index (κ3) is 1.99. The highest BCUT2D eigenvalue weighted by atomic mass is 19.1. The molecule has 0 unspecified atom stereocenters. The van der Waals surface area contributed by atoms with E-state index in [0.717, 1.165) is 6.54 Å². The third-order valence-electron chi connectivity index (χ3n) is 4.45. The number of fused-ring (bicyclic) bond motifs is 3. The van der Waals surface area contributed by atoms with Crippen molar-refractivity contribution in [1.29, 1.82) is 0 Å². The molecule has 1 aromatic rings. The highest BCUT2D eigenvalue weighted by Crippen LogP contribution is 2.50.